The number of unbranched alkanes of at least 4 members (excludes halogenated alkanes) is 1. The Hall–Kier alpha value is -1.90. The van der Waals surface area contributed by atoms with Gasteiger partial charge in [0.05, 0.1) is 21.8 Å². The monoisotopic (exact) mass is 443 g/mol. The molecule has 0 unspecified atom stereocenters. The van der Waals surface area contributed by atoms with Crippen molar-refractivity contribution in [3.05, 3.63) is 29.7 Å². The second-order valence-corrected chi connectivity index (χ2v) is 10.6. The number of rotatable bonds is 7. The Morgan fingerprint density at radius 3 is 2.76 bits per heavy atom. The van der Waals surface area contributed by atoms with Crippen LogP contribution in [0.25, 0.3) is 32.2 Å². The number of nitrogens with zero attached hydrogens (tertiary/aromatic N) is 4. The first-order valence-electron chi connectivity index (χ1n) is 9.78. The first-order chi connectivity index (χ1) is 14.0. The van der Waals surface area contributed by atoms with E-state index in [-0.39, 0.29) is 0 Å². The maximum Gasteiger partial charge on any atom is 0.141 e. The largest absolute Gasteiger partial charge is 0.397 e. The molecule has 0 aromatic carbocycles. The van der Waals surface area contributed by atoms with E-state index in [9.17, 15) is 0 Å². The Morgan fingerprint density at radius 2 is 2.10 bits per heavy atom. The molecule has 4 aromatic heterocycles. The summed E-state index contributed by atoms with van der Waals surface area (Å²) in [6, 6.07) is 2.12. The lowest BCUT2D eigenvalue weighted by Gasteiger charge is -2.11. The standard InChI is InChI=1S/C21H25N5S3/c1-5-6-8-28-21-17(22)16-13(15-11-24-18(12(2)3)26(15)4)10-14(25-20(16)29-21)19-23-7-9-27-19/h7,9-12H,5-6,8,22H2,1-4H3. The molecule has 0 saturated carbocycles. The Bertz CT molecular complexity index is 1130. The molecule has 0 atom stereocenters. The Labute approximate surface area is 183 Å². The van der Waals surface area contributed by atoms with E-state index in [1.807, 2.05) is 29.5 Å². The first kappa shape index (κ1) is 20.4. The van der Waals surface area contributed by atoms with E-state index in [0.717, 1.165) is 53.6 Å². The van der Waals surface area contributed by atoms with Crippen LogP contribution >= 0.6 is 34.4 Å². The molecule has 5 nitrogen and oxygen atoms in total. The van der Waals surface area contributed by atoms with Gasteiger partial charge in [-0.3, -0.25) is 0 Å². The van der Waals surface area contributed by atoms with Crippen LogP contribution in [0.3, 0.4) is 0 Å². The van der Waals surface area contributed by atoms with Crippen molar-refractivity contribution in [1.29, 1.82) is 0 Å². The second-order valence-electron chi connectivity index (χ2n) is 7.29. The molecule has 0 aliphatic heterocycles. The average molecular weight is 444 g/mol. The Kier molecular flexibility index (Phi) is 5.94. The number of fused-ring (bicyclic) bond motifs is 1. The van der Waals surface area contributed by atoms with E-state index in [1.54, 1.807) is 22.7 Å². The van der Waals surface area contributed by atoms with E-state index in [4.69, 9.17) is 10.7 Å². The van der Waals surface area contributed by atoms with Gasteiger partial charge in [0.1, 0.15) is 21.4 Å². The highest BCUT2D eigenvalue weighted by molar-refractivity contribution is 8.01. The van der Waals surface area contributed by atoms with Gasteiger partial charge in [-0.1, -0.05) is 27.2 Å². The van der Waals surface area contributed by atoms with Gasteiger partial charge in [0.25, 0.3) is 0 Å². The molecular weight excluding hydrogens is 418 g/mol. The van der Waals surface area contributed by atoms with E-state index in [1.165, 1.54) is 12.8 Å². The number of nitrogens with two attached hydrogens (primary N) is 1. The average Bonchev–Trinajstić information content (AvgIpc) is 3.41. The summed E-state index contributed by atoms with van der Waals surface area (Å²) in [6.45, 7) is 6.54. The van der Waals surface area contributed by atoms with Crippen LogP contribution in [0, 0.1) is 0 Å². The van der Waals surface area contributed by atoms with Gasteiger partial charge in [-0.15, -0.1) is 34.4 Å². The van der Waals surface area contributed by atoms with Crippen LogP contribution in [0.1, 0.15) is 45.4 Å². The molecule has 0 spiro atoms. The van der Waals surface area contributed by atoms with Crippen LogP contribution in [0.4, 0.5) is 5.69 Å². The summed E-state index contributed by atoms with van der Waals surface area (Å²) in [6.07, 6.45) is 6.14. The van der Waals surface area contributed by atoms with Crippen LogP contribution in [0.5, 0.6) is 0 Å². The fourth-order valence-corrected chi connectivity index (χ4v) is 6.44. The van der Waals surface area contributed by atoms with Crippen molar-refractivity contribution >= 4 is 50.3 Å². The smallest absolute Gasteiger partial charge is 0.141 e. The normalized spacial score (nSPS) is 11.8. The van der Waals surface area contributed by atoms with Crippen molar-refractivity contribution in [2.45, 2.75) is 43.7 Å². The molecule has 4 heterocycles. The summed E-state index contributed by atoms with van der Waals surface area (Å²) in [5.41, 5.74) is 10.5. The molecule has 152 valence electrons. The summed E-state index contributed by atoms with van der Waals surface area (Å²) < 4.78 is 3.33. The number of nitrogen functional groups attached to an aromatic ring is 1. The third-order valence-corrected chi connectivity index (χ3v) is 8.13. The Balaban J connectivity index is 1.93. The van der Waals surface area contributed by atoms with Crippen LogP contribution < -0.4 is 5.73 Å². The zero-order valence-corrected chi connectivity index (χ0v) is 19.5. The molecule has 0 amide bonds. The lowest BCUT2D eigenvalue weighted by Crippen LogP contribution is -2.02. The number of imidazole rings is 1. The molecule has 8 heteroatoms. The minimum atomic E-state index is 0.351. The van der Waals surface area contributed by atoms with Crippen molar-refractivity contribution in [2.75, 3.05) is 11.5 Å². The highest BCUT2D eigenvalue weighted by Gasteiger charge is 2.21. The first-order valence-corrected chi connectivity index (χ1v) is 12.5. The van der Waals surface area contributed by atoms with E-state index in [2.05, 4.69) is 48.4 Å². The van der Waals surface area contributed by atoms with Crippen LogP contribution in [-0.2, 0) is 7.05 Å². The van der Waals surface area contributed by atoms with Crippen molar-refractivity contribution < 1.29 is 0 Å². The van der Waals surface area contributed by atoms with Crippen LogP contribution in [0.15, 0.2) is 28.0 Å². The zero-order valence-electron chi connectivity index (χ0n) is 17.1. The van der Waals surface area contributed by atoms with Gasteiger partial charge in [0.2, 0.25) is 0 Å². The number of anilines is 1. The summed E-state index contributed by atoms with van der Waals surface area (Å²) in [7, 11) is 2.08. The Morgan fingerprint density at radius 1 is 1.28 bits per heavy atom. The van der Waals surface area contributed by atoms with Gasteiger partial charge in [-0.05, 0) is 18.2 Å². The highest BCUT2D eigenvalue weighted by atomic mass is 32.2. The molecule has 4 aromatic rings. The molecule has 0 bridgehead atoms. The van der Waals surface area contributed by atoms with Gasteiger partial charge in [0, 0.05) is 35.5 Å². The predicted octanol–water partition coefficient (Wildman–Crippen LogP) is 6.42. The van der Waals surface area contributed by atoms with Gasteiger partial charge >= 0.3 is 0 Å². The van der Waals surface area contributed by atoms with Crippen LogP contribution in [0.2, 0.25) is 0 Å². The minimum absolute atomic E-state index is 0.351. The van der Waals surface area contributed by atoms with Crippen molar-refractivity contribution in [1.82, 2.24) is 19.5 Å². The lowest BCUT2D eigenvalue weighted by molar-refractivity contribution is 0.714. The lowest BCUT2D eigenvalue weighted by atomic mass is 10.1. The molecule has 0 saturated heterocycles. The summed E-state index contributed by atoms with van der Waals surface area (Å²) in [5.74, 6) is 2.49. The van der Waals surface area contributed by atoms with E-state index >= 15 is 0 Å². The molecule has 4 rings (SSSR count). The minimum Gasteiger partial charge on any atom is -0.397 e. The van der Waals surface area contributed by atoms with Gasteiger partial charge in [0.15, 0.2) is 0 Å². The van der Waals surface area contributed by atoms with Crippen molar-refractivity contribution in [3.63, 3.8) is 0 Å². The highest BCUT2D eigenvalue weighted by Crippen LogP contribution is 2.45. The number of thiazole rings is 1. The fourth-order valence-electron chi connectivity index (χ4n) is 3.39. The summed E-state index contributed by atoms with van der Waals surface area (Å²) in [5, 5.41) is 3.94. The number of hydrogen-bond donors (Lipinski definition) is 1. The molecule has 29 heavy (non-hydrogen) atoms. The van der Waals surface area contributed by atoms with Gasteiger partial charge in [-0.25, -0.2) is 15.0 Å². The number of pyridine rings is 1. The molecular formula is C21H25N5S3. The van der Waals surface area contributed by atoms with E-state index < -0.39 is 0 Å². The number of thiophene rings is 1. The maximum atomic E-state index is 6.65. The molecule has 0 aliphatic carbocycles. The third-order valence-electron chi connectivity index (χ3n) is 4.86. The molecule has 0 aliphatic rings. The van der Waals surface area contributed by atoms with Gasteiger partial charge in [-0.2, -0.15) is 0 Å². The number of aromatic nitrogens is 4. The third kappa shape index (κ3) is 3.81. The van der Waals surface area contributed by atoms with Crippen LogP contribution in [-0.4, -0.2) is 25.3 Å². The van der Waals surface area contributed by atoms with Gasteiger partial charge < -0.3 is 10.3 Å². The number of thioether (sulfide) groups is 1. The topological polar surface area (TPSA) is 69.6 Å². The quantitative estimate of drug-likeness (QED) is 0.264. The van der Waals surface area contributed by atoms with Crippen molar-refractivity contribution in [2.24, 2.45) is 7.05 Å². The van der Waals surface area contributed by atoms with Crippen molar-refractivity contribution in [3.8, 4) is 22.0 Å². The molecule has 0 fully saturated rings. The maximum absolute atomic E-state index is 6.65. The predicted molar refractivity (Wildman–Crippen MR) is 127 cm³/mol. The SMILES string of the molecule is CCCCSc1sc2nc(-c3nccs3)cc(-c3cnc(C(C)C)n3C)c2c1N. The summed E-state index contributed by atoms with van der Waals surface area (Å²) >= 11 is 5.13. The fraction of sp³-hybridized carbons (Fsp3) is 0.381. The molecule has 2 N–H and O–H groups in total. The molecule has 0 radical (unpaired) electrons. The van der Waals surface area contributed by atoms with E-state index in [0.29, 0.717) is 5.92 Å². The summed E-state index contributed by atoms with van der Waals surface area (Å²) in [4.78, 5) is 15.0. The zero-order chi connectivity index (χ0) is 20.5. The second kappa shape index (κ2) is 8.45. The number of hydrogen-bond acceptors (Lipinski definition) is 7.